The third-order valence-electron chi connectivity index (χ3n) is 2.49. The third-order valence-corrected chi connectivity index (χ3v) is 2.49. The molecule has 0 aromatic carbocycles. The summed E-state index contributed by atoms with van der Waals surface area (Å²) in [4.78, 5) is 8.51. The monoisotopic (exact) mass is 237 g/mol. The van der Waals surface area contributed by atoms with Crippen molar-refractivity contribution in [2.45, 2.75) is 46.1 Å². The van der Waals surface area contributed by atoms with Crippen LogP contribution in [0.4, 0.5) is 0 Å². The maximum Gasteiger partial charge on any atom is 0.232 e. The molecule has 0 atom stereocenters. The average molecular weight is 237 g/mol. The van der Waals surface area contributed by atoms with Crippen LogP contribution in [0.5, 0.6) is 5.88 Å². The smallest absolute Gasteiger partial charge is 0.232 e. The third kappa shape index (κ3) is 6.22. The topological polar surface area (TPSA) is 47.0 Å². The summed E-state index contributed by atoms with van der Waals surface area (Å²) in [7, 11) is 0. The minimum atomic E-state index is 0.627. The van der Waals surface area contributed by atoms with Crippen molar-refractivity contribution in [1.29, 1.82) is 0 Å². The lowest BCUT2D eigenvalue weighted by atomic mass is 10.2. The van der Waals surface area contributed by atoms with E-state index in [4.69, 9.17) is 4.74 Å². The number of rotatable bonds is 9. The Kier molecular flexibility index (Phi) is 7.30. The lowest BCUT2D eigenvalue weighted by molar-refractivity contribution is 0.292. The van der Waals surface area contributed by atoms with Gasteiger partial charge in [0.1, 0.15) is 0 Å². The minimum Gasteiger partial charge on any atom is -0.477 e. The summed E-state index contributed by atoms with van der Waals surface area (Å²) < 4.78 is 5.52. The van der Waals surface area contributed by atoms with E-state index in [0.29, 0.717) is 5.88 Å². The van der Waals surface area contributed by atoms with Crippen molar-refractivity contribution in [1.82, 2.24) is 15.3 Å². The predicted octanol–water partition coefficient (Wildman–Crippen LogP) is 2.55. The van der Waals surface area contributed by atoms with Crippen LogP contribution in [0.2, 0.25) is 0 Å². The SMILES string of the molecule is CCCCCCOc1cnc(CNCC)cn1. The van der Waals surface area contributed by atoms with E-state index in [-0.39, 0.29) is 0 Å². The van der Waals surface area contributed by atoms with Gasteiger partial charge in [0.05, 0.1) is 24.7 Å². The highest BCUT2D eigenvalue weighted by molar-refractivity contribution is 5.06. The second kappa shape index (κ2) is 8.93. The summed E-state index contributed by atoms with van der Waals surface area (Å²) in [6.07, 6.45) is 8.31. The van der Waals surface area contributed by atoms with E-state index in [0.717, 1.165) is 31.8 Å². The Morgan fingerprint density at radius 2 is 2.00 bits per heavy atom. The van der Waals surface area contributed by atoms with E-state index in [1.165, 1.54) is 19.3 Å². The molecule has 0 saturated heterocycles. The predicted molar refractivity (Wildman–Crippen MR) is 69.0 cm³/mol. The van der Waals surface area contributed by atoms with Gasteiger partial charge in [-0.3, -0.25) is 4.98 Å². The molecule has 1 aromatic rings. The molecule has 1 heterocycles. The fraction of sp³-hybridized carbons (Fsp3) is 0.692. The number of aromatic nitrogens is 2. The van der Waals surface area contributed by atoms with Crippen LogP contribution in [0.25, 0.3) is 0 Å². The van der Waals surface area contributed by atoms with Gasteiger partial charge in [0.2, 0.25) is 5.88 Å². The first-order valence-corrected chi connectivity index (χ1v) is 6.51. The number of hydrogen-bond donors (Lipinski definition) is 1. The van der Waals surface area contributed by atoms with Crippen molar-refractivity contribution in [3.05, 3.63) is 18.1 Å². The maximum absolute atomic E-state index is 5.52. The molecule has 0 aliphatic carbocycles. The van der Waals surface area contributed by atoms with E-state index in [1.54, 1.807) is 12.4 Å². The van der Waals surface area contributed by atoms with Gasteiger partial charge in [-0.2, -0.15) is 0 Å². The number of nitrogens with zero attached hydrogens (tertiary/aromatic N) is 2. The first-order chi connectivity index (χ1) is 8.36. The number of ether oxygens (including phenoxy) is 1. The highest BCUT2D eigenvalue weighted by Crippen LogP contribution is 2.06. The molecule has 0 fully saturated rings. The summed E-state index contributed by atoms with van der Waals surface area (Å²) in [5.74, 6) is 0.627. The lowest BCUT2D eigenvalue weighted by Crippen LogP contribution is -2.13. The first-order valence-electron chi connectivity index (χ1n) is 6.51. The van der Waals surface area contributed by atoms with Crippen LogP contribution in [-0.2, 0) is 6.54 Å². The molecule has 0 saturated carbocycles. The second-order valence-corrected chi connectivity index (χ2v) is 4.04. The van der Waals surface area contributed by atoms with Gasteiger partial charge in [-0.05, 0) is 13.0 Å². The fourth-order valence-electron chi connectivity index (χ4n) is 1.47. The Morgan fingerprint density at radius 1 is 1.12 bits per heavy atom. The quantitative estimate of drug-likeness (QED) is 0.670. The second-order valence-electron chi connectivity index (χ2n) is 4.04. The van der Waals surface area contributed by atoms with Crippen molar-refractivity contribution in [2.75, 3.05) is 13.2 Å². The van der Waals surface area contributed by atoms with Crippen LogP contribution in [-0.4, -0.2) is 23.1 Å². The summed E-state index contributed by atoms with van der Waals surface area (Å²) >= 11 is 0. The van der Waals surface area contributed by atoms with Gasteiger partial charge in [-0.15, -0.1) is 0 Å². The lowest BCUT2D eigenvalue weighted by Gasteiger charge is -2.05. The molecule has 0 spiro atoms. The average Bonchev–Trinajstić information content (AvgIpc) is 2.37. The van der Waals surface area contributed by atoms with Crippen molar-refractivity contribution < 1.29 is 4.74 Å². The summed E-state index contributed by atoms with van der Waals surface area (Å²) in [6.45, 7) is 6.72. The highest BCUT2D eigenvalue weighted by atomic mass is 16.5. The molecule has 4 heteroatoms. The van der Waals surface area contributed by atoms with Crippen LogP contribution in [0, 0.1) is 0 Å². The molecular formula is C13H23N3O. The van der Waals surface area contributed by atoms with E-state index in [1.807, 2.05) is 0 Å². The van der Waals surface area contributed by atoms with E-state index in [2.05, 4.69) is 29.1 Å². The minimum absolute atomic E-state index is 0.627. The van der Waals surface area contributed by atoms with Gasteiger partial charge in [-0.25, -0.2) is 4.98 Å². The van der Waals surface area contributed by atoms with Gasteiger partial charge >= 0.3 is 0 Å². The van der Waals surface area contributed by atoms with Crippen molar-refractivity contribution in [2.24, 2.45) is 0 Å². The molecule has 0 amide bonds. The van der Waals surface area contributed by atoms with Crippen molar-refractivity contribution >= 4 is 0 Å². The molecule has 1 rings (SSSR count). The molecule has 4 nitrogen and oxygen atoms in total. The zero-order valence-electron chi connectivity index (χ0n) is 10.9. The highest BCUT2D eigenvalue weighted by Gasteiger charge is 1.98. The molecule has 0 unspecified atom stereocenters. The standard InChI is InChI=1S/C13H23N3O/c1-3-5-6-7-8-17-13-11-15-12(10-16-13)9-14-4-2/h10-11,14H,3-9H2,1-2H3. The molecule has 0 aliphatic rings. The Bertz CT molecular complexity index is 287. The van der Waals surface area contributed by atoms with Crippen LogP contribution < -0.4 is 10.1 Å². The number of unbranched alkanes of at least 4 members (excludes halogenated alkanes) is 3. The van der Waals surface area contributed by atoms with Gasteiger partial charge in [0, 0.05) is 6.54 Å². The van der Waals surface area contributed by atoms with Crippen LogP contribution in [0.15, 0.2) is 12.4 Å². The van der Waals surface area contributed by atoms with Gasteiger partial charge in [-0.1, -0.05) is 33.1 Å². The van der Waals surface area contributed by atoms with E-state index in [9.17, 15) is 0 Å². The summed E-state index contributed by atoms with van der Waals surface area (Å²) in [6, 6.07) is 0. The first kappa shape index (κ1) is 13.9. The Hall–Kier alpha value is -1.16. The number of nitrogens with one attached hydrogen (secondary N) is 1. The molecule has 1 N–H and O–H groups in total. The van der Waals surface area contributed by atoms with Crippen LogP contribution >= 0.6 is 0 Å². The largest absolute Gasteiger partial charge is 0.477 e. The van der Waals surface area contributed by atoms with Gasteiger partial charge in [0.25, 0.3) is 0 Å². The van der Waals surface area contributed by atoms with Crippen molar-refractivity contribution in [3.63, 3.8) is 0 Å². The van der Waals surface area contributed by atoms with Crippen LogP contribution in [0.1, 0.15) is 45.2 Å². The zero-order chi connectivity index (χ0) is 12.3. The molecule has 96 valence electrons. The Morgan fingerprint density at radius 3 is 2.65 bits per heavy atom. The van der Waals surface area contributed by atoms with E-state index >= 15 is 0 Å². The van der Waals surface area contributed by atoms with Gasteiger partial charge in [0.15, 0.2) is 0 Å². The molecule has 0 bridgehead atoms. The maximum atomic E-state index is 5.52. The Labute approximate surface area is 104 Å². The number of hydrogen-bond acceptors (Lipinski definition) is 4. The zero-order valence-corrected chi connectivity index (χ0v) is 10.9. The fourth-order valence-corrected chi connectivity index (χ4v) is 1.47. The summed E-state index contributed by atoms with van der Waals surface area (Å²) in [5.41, 5.74) is 0.949. The molecule has 1 aromatic heterocycles. The molecular weight excluding hydrogens is 214 g/mol. The molecule has 17 heavy (non-hydrogen) atoms. The summed E-state index contributed by atoms with van der Waals surface area (Å²) in [5, 5.41) is 3.21. The normalized spacial score (nSPS) is 10.5. The molecule has 0 radical (unpaired) electrons. The van der Waals surface area contributed by atoms with E-state index < -0.39 is 0 Å². The Balaban J connectivity index is 2.20. The van der Waals surface area contributed by atoms with Crippen molar-refractivity contribution in [3.8, 4) is 5.88 Å². The molecule has 0 aliphatic heterocycles. The van der Waals surface area contributed by atoms with Gasteiger partial charge < -0.3 is 10.1 Å². The van der Waals surface area contributed by atoms with Crippen LogP contribution in [0.3, 0.4) is 0 Å².